The van der Waals surface area contributed by atoms with Gasteiger partial charge in [-0.15, -0.1) is 5.10 Å². The number of carbonyl (C=O) groups excluding carboxylic acids is 1. The van der Waals surface area contributed by atoms with Crippen LogP contribution in [0, 0.1) is 0 Å². The molecule has 0 fully saturated rings. The van der Waals surface area contributed by atoms with E-state index >= 15 is 0 Å². The van der Waals surface area contributed by atoms with Crippen LogP contribution in [-0.4, -0.2) is 26.7 Å². The average molecular weight is 334 g/mol. The molecule has 0 unspecified atom stereocenters. The maximum Gasteiger partial charge on any atom is 0.387 e. The quantitative estimate of drug-likeness (QED) is 0.771. The van der Waals surface area contributed by atoms with Crippen LogP contribution in [-0.2, 0) is 11.3 Å². The lowest BCUT2D eigenvalue weighted by molar-refractivity contribution is -0.117. The van der Waals surface area contributed by atoms with Crippen molar-refractivity contribution in [2.24, 2.45) is 0 Å². The Hall–Kier alpha value is -3.23. The van der Waals surface area contributed by atoms with E-state index in [9.17, 15) is 18.4 Å². The molecule has 1 amide bonds. The molecule has 0 aliphatic carbocycles. The van der Waals surface area contributed by atoms with E-state index in [1.54, 1.807) is 24.4 Å². The Labute approximate surface area is 134 Å². The molecule has 2 heterocycles. The molecule has 9 heteroatoms. The summed E-state index contributed by atoms with van der Waals surface area (Å²) in [6.07, 6.45) is 1.56. The van der Waals surface area contributed by atoms with Crippen molar-refractivity contribution in [3.05, 3.63) is 59.1 Å². The highest BCUT2D eigenvalue weighted by atomic mass is 19.3. The molecule has 7 nitrogen and oxygen atoms in total. The van der Waals surface area contributed by atoms with Gasteiger partial charge in [-0.1, -0.05) is 6.07 Å². The number of anilines is 1. The number of alkyl halides is 2. The van der Waals surface area contributed by atoms with Crippen molar-refractivity contribution in [2.75, 3.05) is 5.32 Å². The Morgan fingerprint density at radius 2 is 1.96 bits per heavy atom. The molecule has 0 saturated carbocycles. The predicted molar refractivity (Wildman–Crippen MR) is 81.2 cm³/mol. The van der Waals surface area contributed by atoms with Gasteiger partial charge in [0.15, 0.2) is 5.65 Å². The SMILES string of the molecule is O=C(Cn1nc2ccccn2c1=O)Nc1ccc(OC(F)F)cc1. The van der Waals surface area contributed by atoms with Gasteiger partial charge in [0, 0.05) is 11.9 Å². The fraction of sp³-hybridized carbons (Fsp3) is 0.133. The highest BCUT2D eigenvalue weighted by molar-refractivity contribution is 5.90. The summed E-state index contributed by atoms with van der Waals surface area (Å²) in [5.41, 5.74) is 0.392. The largest absolute Gasteiger partial charge is 0.435 e. The molecule has 0 atom stereocenters. The van der Waals surface area contributed by atoms with Crippen LogP contribution in [0.2, 0.25) is 0 Å². The van der Waals surface area contributed by atoms with Gasteiger partial charge in [0.2, 0.25) is 5.91 Å². The van der Waals surface area contributed by atoms with Crippen LogP contribution in [0.25, 0.3) is 5.65 Å². The van der Waals surface area contributed by atoms with Gasteiger partial charge in [-0.25, -0.2) is 9.48 Å². The molecule has 3 aromatic rings. The number of rotatable bonds is 5. The number of nitrogens with zero attached hydrogens (tertiary/aromatic N) is 3. The summed E-state index contributed by atoms with van der Waals surface area (Å²) >= 11 is 0. The van der Waals surface area contributed by atoms with E-state index < -0.39 is 18.2 Å². The molecule has 0 aliphatic heterocycles. The maximum absolute atomic E-state index is 12.1. The van der Waals surface area contributed by atoms with Gasteiger partial charge in [0.1, 0.15) is 12.3 Å². The zero-order valence-electron chi connectivity index (χ0n) is 12.2. The number of aromatic nitrogens is 3. The van der Waals surface area contributed by atoms with E-state index in [1.807, 2.05) is 0 Å². The van der Waals surface area contributed by atoms with Gasteiger partial charge < -0.3 is 10.1 Å². The van der Waals surface area contributed by atoms with Crippen LogP contribution in [0.5, 0.6) is 5.75 Å². The molecular weight excluding hydrogens is 322 g/mol. The topological polar surface area (TPSA) is 77.6 Å². The lowest BCUT2D eigenvalue weighted by Gasteiger charge is -2.07. The molecule has 0 saturated heterocycles. The smallest absolute Gasteiger partial charge is 0.387 e. The summed E-state index contributed by atoms with van der Waals surface area (Å²) in [5.74, 6) is -0.484. The highest BCUT2D eigenvalue weighted by Gasteiger charge is 2.11. The first-order valence-corrected chi connectivity index (χ1v) is 6.92. The van der Waals surface area contributed by atoms with Crippen molar-refractivity contribution in [3.63, 3.8) is 0 Å². The number of carbonyl (C=O) groups is 1. The van der Waals surface area contributed by atoms with Crippen LogP contribution in [0.15, 0.2) is 53.5 Å². The monoisotopic (exact) mass is 334 g/mol. The Balaban J connectivity index is 1.68. The van der Waals surface area contributed by atoms with E-state index in [0.717, 1.165) is 4.68 Å². The van der Waals surface area contributed by atoms with Crippen LogP contribution in [0.3, 0.4) is 0 Å². The number of fused-ring (bicyclic) bond motifs is 1. The molecule has 0 bridgehead atoms. The third kappa shape index (κ3) is 3.40. The molecule has 2 aromatic heterocycles. The fourth-order valence-electron chi connectivity index (χ4n) is 2.13. The summed E-state index contributed by atoms with van der Waals surface area (Å²) < 4.78 is 30.7. The molecule has 1 N–H and O–H groups in total. The van der Waals surface area contributed by atoms with Crippen molar-refractivity contribution in [3.8, 4) is 5.75 Å². The summed E-state index contributed by atoms with van der Waals surface area (Å²) in [6.45, 7) is -3.18. The Morgan fingerprint density at radius 3 is 2.62 bits per heavy atom. The lowest BCUT2D eigenvalue weighted by Crippen LogP contribution is -2.28. The molecule has 0 spiro atoms. The molecule has 0 radical (unpaired) electrons. The van der Waals surface area contributed by atoms with Gasteiger partial charge in [0.05, 0.1) is 0 Å². The van der Waals surface area contributed by atoms with E-state index in [0.29, 0.717) is 11.3 Å². The van der Waals surface area contributed by atoms with Crippen LogP contribution in [0.1, 0.15) is 0 Å². The summed E-state index contributed by atoms with van der Waals surface area (Å²) in [7, 11) is 0. The number of pyridine rings is 1. The van der Waals surface area contributed by atoms with Gasteiger partial charge in [-0.3, -0.25) is 9.20 Å². The highest BCUT2D eigenvalue weighted by Crippen LogP contribution is 2.17. The molecule has 3 rings (SSSR count). The number of halogens is 2. The third-order valence-corrected chi connectivity index (χ3v) is 3.15. The first-order chi connectivity index (χ1) is 11.5. The van der Waals surface area contributed by atoms with Crippen molar-refractivity contribution >= 4 is 17.2 Å². The Bertz CT molecular complexity index is 918. The van der Waals surface area contributed by atoms with Gasteiger partial charge >= 0.3 is 12.3 Å². The van der Waals surface area contributed by atoms with Crippen molar-refractivity contribution < 1.29 is 18.3 Å². The van der Waals surface area contributed by atoms with Gasteiger partial charge in [0.25, 0.3) is 0 Å². The predicted octanol–water partition coefficient (Wildman–Crippen LogP) is 1.74. The number of nitrogens with one attached hydrogen (secondary N) is 1. The first-order valence-electron chi connectivity index (χ1n) is 6.92. The maximum atomic E-state index is 12.1. The normalized spacial score (nSPS) is 11.0. The minimum absolute atomic E-state index is 0.0143. The second-order valence-corrected chi connectivity index (χ2v) is 4.82. The standard InChI is InChI=1S/C15H12F2N4O3/c16-14(17)24-11-6-4-10(5-7-11)18-13(22)9-21-15(23)20-8-2-1-3-12(20)19-21/h1-8,14H,9H2,(H,18,22). The molecule has 0 aliphatic rings. The average Bonchev–Trinajstić information content (AvgIpc) is 2.85. The molecule has 124 valence electrons. The summed E-state index contributed by atoms with van der Waals surface area (Å²) in [6, 6.07) is 10.5. The van der Waals surface area contributed by atoms with Crippen molar-refractivity contribution in [1.29, 1.82) is 0 Å². The molecule has 24 heavy (non-hydrogen) atoms. The fourth-order valence-corrected chi connectivity index (χ4v) is 2.13. The first kappa shape index (κ1) is 15.7. The Morgan fingerprint density at radius 1 is 1.21 bits per heavy atom. The zero-order chi connectivity index (χ0) is 17.1. The Kier molecular flexibility index (Phi) is 4.23. The van der Waals surface area contributed by atoms with Gasteiger partial charge in [-0.05, 0) is 36.4 Å². The van der Waals surface area contributed by atoms with E-state index in [1.165, 1.54) is 28.7 Å². The number of hydrogen-bond acceptors (Lipinski definition) is 4. The minimum atomic E-state index is -2.91. The van der Waals surface area contributed by atoms with E-state index in [-0.39, 0.29) is 12.3 Å². The third-order valence-electron chi connectivity index (χ3n) is 3.15. The number of ether oxygens (including phenoxy) is 1. The van der Waals surface area contributed by atoms with Crippen molar-refractivity contribution in [2.45, 2.75) is 13.2 Å². The van der Waals surface area contributed by atoms with Gasteiger partial charge in [-0.2, -0.15) is 8.78 Å². The van der Waals surface area contributed by atoms with Crippen molar-refractivity contribution in [1.82, 2.24) is 14.2 Å². The summed E-state index contributed by atoms with van der Waals surface area (Å²) in [5, 5.41) is 6.60. The number of hydrogen-bond donors (Lipinski definition) is 1. The van der Waals surface area contributed by atoms with Crippen LogP contribution >= 0.6 is 0 Å². The second kappa shape index (κ2) is 6.49. The number of benzene rings is 1. The van der Waals surface area contributed by atoms with E-state index in [4.69, 9.17) is 0 Å². The van der Waals surface area contributed by atoms with Crippen LogP contribution < -0.4 is 15.7 Å². The minimum Gasteiger partial charge on any atom is -0.435 e. The lowest BCUT2D eigenvalue weighted by atomic mass is 10.3. The molecule has 1 aromatic carbocycles. The van der Waals surface area contributed by atoms with Crippen LogP contribution in [0.4, 0.5) is 14.5 Å². The number of amides is 1. The molecular formula is C15H12F2N4O3. The zero-order valence-corrected chi connectivity index (χ0v) is 12.2. The van der Waals surface area contributed by atoms with E-state index in [2.05, 4.69) is 15.2 Å². The summed E-state index contributed by atoms with van der Waals surface area (Å²) in [4.78, 5) is 24.1. The second-order valence-electron chi connectivity index (χ2n) is 4.82.